The van der Waals surface area contributed by atoms with E-state index in [1.807, 2.05) is 0 Å². The zero-order chi connectivity index (χ0) is 12.2. The monoisotopic (exact) mass is 229 g/mol. The van der Waals surface area contributed by atoms with Crippen molar-refractivity contribution in [2.75, 3.05) is 0 Å². The Hall–Kier alpha value is -1.00. The van der Waals surface area contributed by atoms with E-state index in [0.29, 0.717) is 0 Å². The maximum atomic E-state index is 3.38. The molecular formula is C15H21Si. The Balaban J connectivity index is 2.75. The normalized spacial score (nSPS) is 11.1. The van der Waals surface area contributed by atoms with Crippen LogP contribution in [0.4, 0.5) is 0 Å². The SMILES string of the molecule is C[C](C)Cc1ccc(C#C[Si](C)(C)C)cc1. The lowest BCUT2D eigenvalue weighted by atomic mass is 10.0. The van der Waals surface area contributed by atoms with E-state index in [0.717, 1.165) is 12.0 Å². The van der Waals surface area contributed by atoms with Gasteiger partial charge in [-0.1, -0.05) is 51.5 Å². The Kier molecular flexibility index (Phi) is 4.38. The molecule has 0 fully saturated rings. The summed E-state index contributed by atoms with van der Waals surface area (Å²) in [5.41, 5.74) is 5.89. The molecule has 0 nitrogen and oxygen atoms in total. The molecule has 0 bridgehead atoms. The standard InChI is InChI=1S/C15H21Si/c1-13(2)12-15-8-6-14(7-9-15)10-11-16(3,4)5/h6-9H,12H2,1-5H3. The number of hydrogen-bond acceptors (Lipinski definition) is 0. The van der Waals surface area contributed by atoms with Crippen molar-refractivity contribution in [2.24, 2.45) is 0 Å². The van der Waals surface area contributed by atoms with E-state index < -0.39 is 8.07 Å². The van der Waals surface area contributed by atoms with Gasteiger partial charge in [0.05, 0.1) is 0 Å². The molecule has 1 aromatic carbocycles. The maximum Gasteiger partial charge on any atom is 0.129 e. The van der Waals surface area contributed by atoms with Crippen LogP contribution in [-0.2, 0) is 6.42 Å². The van der Waals surface area contributed by atoms with Crippen molar-refractivity contribution in [1.29, 1.82) is 0 Å². The third-order valence-electron chi connectivity index (χ3n) is 2.09. The summed E-state index contributed by atoms with van der Waals surface area (Å²) in [7, 11) is -1.25. The van der Waals surface area contributed by atoms with Crippen molar-refractivity contribution in [1.82, 2.24) is 0 Å². The van der Waals surface area contributed by atoms with E-state index in [9.17, 15) is 0 Å². The molecule has 1 radical (unpaired) electrons. The van der Waals surface area contributed by atoms with Crippen LogP contribution in [0, 0.1) is 17.4 Å². The largest absolute Gasteiger partial charge is 0.129 e. The molecule has 0 heterocycles. The summed E-state index contributed by atoms with van der Waals surface area (Å²) >= 11 is 0. The Labute approximate surface area is 101 Å². The molecule has 1 heteroatoms. The van der Waals surface area contributed by atoms with Crippen LogP contribution < -0.4 is 0 Å². The van der Waals surface area contributed by atoms with E-state index in [-0.39, 0.29) is 0 Å². The van der Waals surface area contributed by atoms with Crippen LogP contribution in [0.25, 0.3) is 0 Å². The summed E-state index contributed by atoms with van der Waals surface area (Å²) < 4.78 is 0. The summed E-state index contributed by atoms with van der Waals surface area (Å²) in [5, 5.41) is 0. The molecule has 85 valence electrons. The van der Waals surface area contributed by atoms with Crippen molar-refractivity contribution in [3.05, 3.63) is 41.3 Å². The van der Waals surface area contributed by atoms with Crippen molar-refractivity contribution in [2.45, 2.75) is 39.9 Å². The van der Waals surface area contributed by atoms with Gasteiger partial charge in [0.2, 0.25) is 0 Å². The van der Waals surface area contributed by atoms with Crippen molar-refractivity contribution < 1.29 is 0 Å². The molecule has 0 spiro atoms. The molecule has 1 aromatic rings. The van der Waals surface area contributed by atoms with E-state index >= 15 is 0 Å². The average Bonchev–Trinajstić information content (AvgIpc) is 2.14. The Bertz CT molecular complexity index is 382. The van der Waals surface area contributed by atoms with Gasteiger partial charge in [-0.05, 0) is 30.0 Å². The first kappa shape index (κ1) is 13.1. The van der Waals surface area contributed by atoms with E-state index in [1.54, 1.807) is 0 Å². The van der Waals surface area contributed by atoms with Crippen LogP contribution >= 0.6 is 0 Å². The molecule has 0 atom stereocenters. The highest BCUT2D eigenvalue weighted by Crippen LogP contribution is 2.10. The van der Waals surface area contributed by atoms with Gasteiger partial charge in [0.15, 0.2) is 0 Å². The zero-order valence-corrected chi connectivity index (χ0v) is 12.0. The predicted octanol–water partition coefficient (Wildman–Crippen LogP) is 4.07. The quantitative estimate of drug-likeness (QED) is 0.530. The first-order valence-electron chi connectivity index (χ1n) is 5.78. The highest BCUT2D eigenvalue weighted by atomic mass is 28.3. The highest BCUT2D eigenvalue weighted by molar-refractivity contribution is 6.83. The smallest absolute Gasteiger partial charge is 0.127 e. The molecule has 0 N–H and O–H groups in total. The fourth-order valence-electron chi connectivity index (χ4n) is 1.37. The molecule has 0 aliphatic rings. The van der Waals surface area contributed by atoms with Crippen molar-refractivity contribution in [3.63, 3.8) is 0 Å². The molecule has 1 rings (SSSR count). The highest BCUT2D eigenvalue weighted by Gasteiger charge is 2.07. The molecule has 0 aliphatic carbocycles. The minimum atomic E-state index is -1.25. The second-order valence-corrected chi connectivity index (χ2v) is 10.3. The van der Waals surface area contributed by atoms with Crippen LogP contribution in [0.1, 0.15) is 25.0 Å². The van der Waals surface area contributed by atoms with Crippen LogP contribution in [0.5, 0.6) is 0 Å². The number of benzene rings is 1. The summed E-state index contributed by atoms with van der Waals surface area (Å²) in [4.78, 5) is 0. The van der Waals surface area contributed by atoms with Gasteiger partial charge in [-0.25, -0.2) is 0 Å². The first-order chi connectivity index (χ1) is 7.37. The van der Waals surface area contributed by atoms with E-state index in [4.69, 9.17) is 0 Å². The van der Waals surface area contributed by atoms with Crippen molar-refractivity contribution in [3.8, 4) is 11.5 Å². The topological polar surface area (TPSA) is 0 Å². The molecule has 0 saturated heterocycles. The summed E-state index contributed by atoms with van der Waals surface area (Å²) in [6, 6.07) is 8.62. The van der Waals surface area contributed by atoms with Gasteiger partial charge in [-0.2, -0.15) is 0 Å². The zero-order valence-electron chi connectivity index (χ0n) is 11.0. The summed E-state index contributed by atoms with van der Waals surface area (Å²) in [5.74, 6) is 4.72. The molecule has 16 heavy (non-hydrogen) atoms. The third-order valence-corrected chi connectivity index (χ3v) is 2.97. The maximum absolute atomic E-state index is 3.38. The number of hydrogen-bond donors (Lipinski definition) is 0. The minimum absolute atomic E-state index is 1.07. The molecule has 0 saturated carbocycles. The van der Waals surface area contributed by atoms with Crippen LogP contribution in [0.15, 0.2) is 24.3 Å². The van der Waals surface area contributed by atoms with Gasteiger partial charge in [0, 0.05) is 5.56 Å². The summed E-state index contributed by atoms with van der Waals surface area (Å²) in [6.45, 7) is 11.1. The summed E-state index contributed by atoms with van der Waals surface area (Å²) in [6.07, 6.45) is 1.07. The van der Waals surface area contributed by atoms with Crippen molar-refractivity contribution >= 4 is 8.07 Å². The van der Waals surface area contributed by atoms with Gasteiger partial charge in [0.25, 0.3) is 0 Å². The lowest BCUT2D eigenvalue weighted by Crippen LogP contribution is -2.16. The molecule has 0 aromatic heterocycles. The lowest BCUT2D eigenvalue weighted by molar-refractivity contribution is 0.957. The molecule has 0 unspecified atom stereocenters. The fraction of sp³-hybridized carbons (Fsp3) is 0.400. The van der Waals surface area contributed by atoms with E-state index in [1.165, 1.54) is 11.5 Å². The third kappa shape index (κ3) is 5.18. The fourth-order valence-corrected chi connectivity index (χ4v) is 1.89. The lowest BCUT2D eigenvalue weighted by Gasteiger charge is -2.05. The first-order valence-corrected chi connectivity index (χ1v) is 9.28. The van der Waals surface area contributed by atoms with E-state index in [2.05, 4.69) is 69.2 Å². The van der Waals surface area contributed by atoms with Gasteiger partial charge in [-0.3, -0.25) is 0 Å². The Morgan fingerprint density at radius 1 is 1.06 bits per heavy atom. The molecular weight excluding hydrogens is 208 g/mol. The van der Waals surface area contributed by atoms with Crippen LogP contribution in [0.2, 0.25) is 19.6 Å². The van der Waals surface area contributed by atoms with Gasteiger partial charge < -0.3 is 0 Å². The Morgan fingerprint density at radius 3 is 2.06 bits per heavy atom. The number of rotatable bonds is 2. The molecule has 0 amide bonds. The van der Waals surface area contributed by atoms with Gasteiger partial charge >= 0.3 is 0 Å². The second kappa shape index (κ2) is 5.36. The van der Waals surface area contributed by atoms with Gasteiger partial charge in [0.1, 0.15) is 8.07 Å². The molecule has 0 aliphatic heterocycles. The van der Waals surface area contributed by atoms with Crippen LogP contribution in [0.3, 0.4) is 0 Å². The minimum Gasteiger partial charge on any atom is -0.127 e. The van der Waals surface area contributed by atoms with Gasteiger partial charge in [-0.15, -0.1) is 5.54 Å². The predicted molar refractivity (Wildman–Crippen MR) is 75.0 cm³/mol. The average molecular weight is 229 g/mol. The van der Waals surface area contributed by atoms with Crippen LogP contribution in [-0.4, -0.2) is 8.07 Å². The second-order valence-electron chi connectivity index (χ2n) is 5.58. The Morgan fingerprint density at radius 2 is 1.62 bits per heavy atom.